The number of hydrogen-bond acceptors (Lipinski definition) is 5. The summed E-state index contributed by atoms with van der Waals surface area (Å²) in [5.74, 6) is -0.437. The summed E-state index contributed by atoms with van der Waals surface area (Å²) in [7, 11) is 1.57. The number of carboxylic acids is 1. The van der Waals surface area contributed by atoms with E-state index < -0.39 is 35.9 Å². The number of hydrogen-bond donors (Lipinski definition) is 1. The third-order valence-corrected chi connectivity index (χ3v) is 8.84. The second kappa shape index (κ2) is 11.9. The van der Waals surface area contributed by atoms with Crippen LogP contribution in [0.5, 0.6) is 5.75 Å². The van der Waals surface area contributed by atoms with Gasteiger partial charge < -0.3 is 14.6 Å². The fourth-order valence-electron chi connectivity index (χ4n) is 6.47. The van der Waals surface area contributed by atoms with Gasteiger partial charge in [0.15, 0.2) is 0 Å². The number of amides is 1. The summed E-state index contributed by atoms with van der Waals surface area (Å²) in [4.78, 5) is 30.9. The van der Waals surface area contributed by atoms with Crippen molar-refractivity contribution in [1.82, 2.24) is 9.88 Å². The molecule has 0 bridgehead atoms. The maximum Gasteiger partial charge on any atom is 0.416 e. The highest BCUT2D eigenvalue weighted by molar-refractivity contribution is 5.89. The number of pyridine rings is 1. The maximum absolute atomic E-state index is 13.6. The second-order valence-corrected chi connectivity index (χ2v) is 12.8. The summed E-state index contributed by atoms with van der Waals surface area (Å²) < 4.78 is 52.2. The first-order valence-electron chi connectivity index (χ1n) is 14.8. The summed E-state index contributed by atoms with van der Waals surface area (Å²) in [6.07, 6.45) is -1.98. The largest absolute Gasteiger partial charge is 0.495 e. The Labute approximate surface area is 260 Å². The molecule has 1 aromatic heterocycles. The molecule has 1 amide bonds. The third-order valence-electron chi connectivity index (χ3n) is 8.84. The molecule has 7 nitrogen and oxygen atoms in total. The topological polar surface area (TPSA) is 89.0 Å². The van der Waals surface area contributed by atoms with Crippen LogP contribution in [0.15, 0.2) is 54.2 Å². The number of allylic oxidation sites excluding steroid dienone is 1. The van der Waals surface area contributed by atoms with Gasteiger partial charge in [-0.15, -0.1) is 0 Å². The maximum atomic E-state index is 13.6. The highest BCUT2D eigenvalue weighted by atomic mass is 19.4. The lowest BCUT2D eigenvalue weighted by atomic mass is 9.72. The minimum Gasteiger partial charge on any atom is -0.495 e. The molecule has 1 aliphatic heterocycles. The standard InChI is InChI=1S/C35H37F3N2O5/c1-19-11-23(14-25(12-19)35(36,37)38)31-21(3)40(33(43)45-31)18-24-16-34(4,5)10-9-27(24)28-15-29(39-17-30(28)44-6)26-8-7-22(32(41)42)13-20(26)2/h7-8,11-15,17,21,31H,9-10,16,18H2,1-6H3,(H,41,42)/t21-,31-/m0/s1. The van der Waals surface area contributed by atoms with Crippen molar-refractivity contribution >= 4 is 17.6 Å². The number of aryl methyl sites for hydroxylation is 2. The average molecular weight is 623 g/mol. The molecule has 0 spiro atoms. The lowest BCUT2D eigenvalue weighted by Crippen LogP contribution is -2.35. The van der Waals surface area contributed by atoms with Crippen LogP contribution < -0.4 is 4.74 Å². The van der Waals surface area contributed by atoms with E-state index in [1.807, 2.05) is 13.0 Å². The fourth-order valence-corrected chi connectivity index (χ4v) is 6.47. The highest BCUT2D eigenvalue weighted by Crippen LogP contribution is 2.46. The molecule has 2 aliphatic rings. The molecule has 2 atom stereocenters. The van der Waals surface area contributed by atoms with E-state index in [9.17, 15) is 27.9 Å². The van der Waals surface area contributed by atoms with Gasteiger partial charge in [-0.05, 0) is 98.1 Å². The van der Waals surface area contributed by atoms with Crippen LogP contribution in [0.3, 0.4) is 0 Å². The number of carbonyl (C=O) groups excluding carboxylic acids is 1. The molecule has 238 valence electrons. The predicted octanol–water partition coefficient (Wildman–Crippen LogP) is 8.64. The monoisotopic (exact) mass is 622 g/mol. The predicted molar refractivity (Wildman–Crippen MR) is 164 cm³/mol. The van der Waals surface area contributed by atoms with E-state index in [2.05, 4.69) is 18.8 Å². The number of alkyl halides is 3. The van der Waals surface area contributed by atoms with Crippen molar-refractivity contribution in [2.45, 2.75) is 72.2 Å². The summed E-state index contributed by atoms with van der Waals surface area (Å²) >= 11 is 0. The van der Waals surface area contributed by atoms with Crippen LogP contribution in [0.1, 0.15) is 84.3 Å². The van der Waals surface area contributed by atoms with Crippen molar-refractivity contribution in [2.24, 2.45) is 5.41 Å². The molecule has 0 radical (unpaired) electrons. The Kier molecular flexibility index (Phi) is 8.46. The van der Waals surface area contributed by atoms with Crippen molar-refractivity contribution in [2.75, 3.05) is 13.7 Å². The zero-order valence-electron chi connectivity index (χ0n) is 26.2. The molecular weight excluding hydrogens is 585 g/mol. The van der Waals surface area contributed by atoms with Gasteiger partial charge in [0.25, 0.3) is 0 Å². The molecule has 5 rings (SSSR count). The summed E-state index contributed by atoms with van der Waals surface area (Å²) in [5.41, 5.74) is 5.21. The molecule has 10 heteroatoms. The van der Waals surface area contributed by atoms with Gasteiger partial charge in [0.05, 0.1) is 36.2 Å². The van der Waals surface area contributed by atoms with E-state index in [0.717, 1.165) is 46.4 Å². The molecule has 1 aliphatic carbocycles. The fraction of sp³-hybridized carbons (Fsp3) is 0.400. The normalized spacial score (nSPS) is 19.9. The number of methoxy groups -OCH3 is 1. The molecule has 3 aromatic rings. The molecule has 1 saturated heterocycles. The Bertz CT molecular complexity index is 1690. The van der Waals surface area contributed by atoms with Gasteiger partial charge in [-0.1, -0.05) is 31.5 Å². The Balaban J connectivity index is 1.54. The number of ether oxygens (including phenoxy) is 2. The molecule has 2 heterocycles. The summed E-state index contributed by atoms with van der Waals surface area (Å²) in [6.45, 7) is 9.83. The number of aromatic nitrogens is 1. The van der Waals surface area contributed by atoms with E-state index in [1.54, 1.807) is 56.3 Å². The van der Waals surface area contributed by atoms with E-state index in [4.69, 9.17) is 9.47 Å². The first-order valence-corrected chi connectivity index (χ1v) is 14.8. The minimum atomic E-state index is -4.51. The van der Waals surface area contributed by atoms with Gasteiger partial charge >= 0.3 is 18.2 Å². The second-order valence-electron chi connectivity index (χ2n) is 12.8. The van der Waals surface area contributed by atoms with E-state index >= 15 is 0 Å². The zero-order valence-corrected chi connectivity index (χ0v) is 26.2. The van der Waals surface area contributed by atoms with Crippen LogP contribution in [0.25, 0.3) is 16.8 Å². The van der Waals surface area contributed by atoms with Crippen molar-refractivity contribution in [3.05, 3.63) is 87.6 Å². The summed E-state index contributed by atoms with van der Waals surface area (Å²) in [6, 6.07) is 10.1. The number of rotatable bonds is 7. The zero-order chi connectivity index (χ0) is 32.8. The Morgan fingerprint density at radius 1 is 1.13 bits per heavy atom. The first kappa shape index (κ1) is 32.1. The number of carbonyl (C=O) groups is 2. The molecule has 2 aromatic carbocycles. The highest BCUT2D eigenvalue weighted by Gasteiger charge is 2.42. The van der Waals surface area contributed by atoms with Crippen LogP contribution in [0.2, 0.25) is 0 Å². The van der Waals surface area contributed by atoms with Gasteiger partial charge in [-0.25, -0.2) is 9.59 Å². The molecule has 45 heavy (non-hydrogen) atoms. The van der Waals surface area contributed by atoms with Gasteiger partial charge in [-0.3, -0.25) is 9.88 Å². The van der Waals surface area contributed by atoms with Crippen LogP contribution in [-0.4, -0.2) is 46.7 Å². The molecule has 1 fully saturated rings. The van der Waals surface area contributed by atoms with Crippen molar-refractivity contribution in [1.29, 1.82) is 0 Å². The molecule has 0 unspecified atom stereocenters. The van der Waals surface area contributed by atoms with E-state index in [-0.39, 0.29) is 17.5 Å². The number of aromatic carboxylic acids is 1. The number of nitrogens with zero attached hydrogens (tertiary/aromatic N) is 2. The molecule has 1 N–H and O–H groups in total. The minimum absolute atomic E-state index is 0.0460. The van der Waals surface area contributed by atoms with Gasteiger partial charge in [0.1, 0.15) is 11.9 Å². The van der Waals surface area contributed by atoms with Crippen molar-refractivity contribution in [3.63, 3.8) is 0 Å². The van der Waals surface area contributed by atoms with Gasteiger partial charge in [0.2, 0.25) is 0 Å². The lowest BCUT2D eigenvalue weighted by Gasteiger charge is -2.36. The number of cyclic esters (lactones) is 1. The number of benzene rings is 2. The summed E-state index contributed by atoms with van der Waals surface area (Å²) in [5, 5.41) is 9.40. The number of halogens is 3. The first-order chi connectivity index (χ1) is 21.1. The van der Waals surface area contributed by atoms with Crippen molar-refractivity contribution < 1.29 is 37.3 Å². The molecular formula is C35H37F3N2O5. The van der Waals surface area contributed by atoms with Crippen LogP contribution >= 0.6 is 0 Å². The van der Waals surface area contributed by atoms with E-state index in [1.165, 1.54) is 0 Å². The Hall–Kier alpha value is -4.34. The van der Waals surface area contributed by atoms with Gasteiger partial charge in [-0.2, -0.15) is 13.2 Å². The van der Waals surface area contributed by atoms with Crippen LogP contribution in [-0.2, 0) is 10.9 Å². The van der Waals surface area contributed by atoms with Crippen molar-refractivity contribution in [3.8, 4) is 17.0 Å². The SMILES string of the molecule is COc1cnc(-c2ccc(C(=O)O)cc2C)cc1C1=C(CN2C(=O)O[C@H](c3cc(C)cc(C(F)(F)F)c3)[C@@H]2C)CC(C)(C)CC1. The van der Waals surface area contributed by atoms with Gasteiger partial charge in [0, 0.05) is 17.7 Å². The quantitative estimate of drug-likeness (QED) is 0.284. The molecule has 0 saturated carbocycles. The average Bonchev–Trinajstić information content (AvgIpc) is 3.24. The Morgan fingerprint density at radius 3 is 2.51 bits per heavy atom. The smallest absolute Gasteiger partial charge is 0.416 e. The Morgan fingerprint density at radius 2 is 1.87 bits per heavy atom. The van der Waals surface area contributed by atoms with E-state index in [0.29, 0.717) is 35.4 Å². The van der Waals surface area contributed by atoms with Crippen LogP contribution in [0.4, 0.5) is 18.0 Å². The van der Waals surface area contributed by atoms with Crippen LogP contribution in [0, 0.1) is 19.3 Å². The number of carboxylic acid groups (broad SMARTS) is 1. The lowest BCUT2D eigenvalue weighted by molar-refractivity contribution is -0.137. The third kappa shape index (κ3) is 6.55.